The molecule has 0 fully saturated rings. The lowest BCUT2D eigenvalue weighted by atomic mass is 9.87. The molecule has 2 aromatic carbocycles. The first-order valence-corrected chi connectivity index (χ1v) is 7.09. The number of ketones is 1. The molecule has 0 radical (unpaired) electrons. The third kappa shape index (κ3) is 3.75. The predicted octanol–water partition coefficient (Wildman–Crippen LogP) is 3.05. The molecule has 0 aromatic heterocycles. The summed E-state index contributed by atoms with van der Waals surface area (Å²) in [5.74, 6) is -3.01. The van der Waals surface area contributed by atoms with Crippen LogP contribution in [0.3, 0.4) is 0 Å². The fraction of sp³-hybridized carbons (Fsp3) is 0.176. The predicted molar refractivity (Wildman–Crippen MR) is 85.3 cm³/mol. The molecule has 124 valence electrons. The molecule has 0 heterocycles. The molecular formula is C17H15NO6. The number of benzene rings is 2. The van der Waals surface area contributed by atoms with Crippen LogP contribution < -0.4 is 0 Å². The summed E-state index contributed by atoms with van der Waals surface area (Å²) in [5, 5.41) is 29.7. The maximum absolute atomic E-state index is 12.7. The first kappa shape index (κ1) is 17.1. The third-order valence-corrected chi connectivity index (χ3v) is 3.62. The van der Waals surface area contributed by atoms with Crippen molar-refractivity contribution in [1.29, 1.82) is 0 Å². The van der Waals surface area contributed by atoms with Gasteiger partial charge in [0.05, 0.1) is 22.8 Å². The molecule has 1 atom stereocenters. The number of carbonyl (C=O) groups is 2. The molecule has 0 aliphatic heterocycles. The number of phenols is 1. The number of aryl methyl sites for hydroxylation is 1. The zero-order valence-electron chi connectivity index (χ0n) is 12.8. The number of nitro groups is 1. The molecule has 0 saturated heterocycles. The zero-order chi connectivity index (χ0) is 17.9. The van der Waals surface area contributed by atoms with Gasteiger partial charge in [-0.25, -0.2) is 0 Å². The molecule has 24 heavy (non-hydrogen) atoms. The van der Waals surface area contributed by atoms with Gasteiger partial charge in [0.2, 0.25) is 0 Å². The Morgan fingerprint density at radius 3 is 2.33 bits per heavy atom. The van der Waals surface area contributed by atoms with Gasteiger partial charge >= 0.3 is 5.97 Å². The molecule has 7 nitrogen and oxygen atoms in total. The maximum Gasteiger partial charge on any atom is 0.304 e. The Bertz CT molecular complexity index is 797. The van der Waals surface area contributed by atoms with E-state index in [1.807, 2.05) is 0 Å². The van der Waals surface area contributed by atoms with Crippen LogP contribution in [0.15, 0.2) is 42.5 Å². The van der Waals surface area contributed by atoms with E-state index in [4.69, 9.17) is 5.11 Å². The second-order valence-electron chi connectivity index (χ2n) is 5.38. The van der Waals surface area contributed by atoms with Crippen LogP contribution in [0.25, 0.3) is 0 Å². The molecule has 0 bridgehead atoms. The zero-order valence-corrected chi connectivity index (χ0v) is 12.8. The minimum Gasteiger partial charge on any atom is -0.507 e. The average Bonchev–Trinajstić information content (AvgIpc) is 2.54. The second-order valence-corrected chi connectivity index (χ2v) is 5.38. The Balaban J connectivity index is 2.44. The first-order chi connectivity index (χ1) is 11.3. The van der Waals surface area contributed by atoms with Crippen molar-refractivity contribution in [3.8, 4) is 5.75 Å². The number of rotatable bonds is 6. The highest BCUT2D eigenvalue weighted by Crippen LogP contribution is 2.30. The monoisotopic (exact) mass is 329 g/mol. The van der Waals surface area contributed by atoms with Crippen molar-refractivity contribution in [2.24, 2.45) is 0 Å². The molecule has 0 spiro atoms. The lowest BCUT2D eigenvalue weighted by Crippen LogP contribution is -2.17. The Kier molecular flexibility index (Phi) is 4.93. The van der Waals surface area contributed by atoms with E-state index in [9.17, 15) is 24.8 Å². The van der Waals surface area contributed by atoms with Crippen molar-refractivity contribution in [3.63, 3.8) is 0 Å². The third-order valence-electron chi connectivity index (χ3n) is 3.62. The van der Waals surface area contributed by atoms with Crippen LogP contribution in [-0.2, 0) is 4.79 Å². The first-order valence-electron chi connectivity index (χ1n) is 7.09. The highest BCUT2D eigenvalue weighted by Gasteiger charge is 2.27. The van der Waals surface area contributed by atoms with E-state index < -0.39 is 29.0 Å². The van der Waals surface area contributed by atoms with E-state index in [0.717, 1.165) is 5.56 Å². The van der Waals surface area contributed by atoms with Crippen molar-refractivity contribution >= 4 is 17.4 Å². The Morgan fingerprint density at radius 1 is 1.17 bits per heavy atom. The molecule has 0 saturated carbocycles. The normalized spacial score (nSPS) is 11.7. The minimum atomic E-state index is -1.18. The number of hydrogen-bond acceptors (Lipinski definition) is 5. The van der Waals surface area contributed by atoms with Gasteiger partial charge < -0.3 is 10.2 Å². The van der Waals surface area contributed by atoms with E-state index >= 15 is 0 Å². The van der Waals surface area contributed by atoms with Gasteiger partial charge in [0.15, 0.2) is 5.78 Å². The van der Waals surface area contributed by atoms with Crippen LogP contribution in [0.2, 0.25) is 0 Å². The number of aromatic hydroxyl groups is 1. The van der Waals surface area contributed by atoms with Gasteiger partial charge in [-0.3, -0.25) is 19.7 Å². The number of carboxylic acid groups (broad SMARTS) is 1. The van der Waals surface area contributed by atoms with Gasteiger partial charge in [0.25, 0.3) is 5.69 Å². The van der Waals surface area contributed by atoms with Crippen molar-refractivity contribution in [3.05, 3.63) is 69.3 Å². The van der Waals surface area contributed by atoms with E-state index in [0.29, 0.717) is 5.56 Å². The number of hydrogen-bond donors (Lipinski definition) is 2. The van der Waals surface area contributed by atoms with E-state index in [1.165, 1.54) is 36.4 Å². The highest BCUT2D eigenvalue weighted by atomic mass is 16.6. The smallest absolute Gasteiger partial charge is 0.304 e. The Morgan fingerprint density at radius 2 is 1.79 bits per heavy atom. The quantitative estimate of drug-likeness (QED) is 0.478. The van der Waals surface area contributed by atoms with E-state index in [-0.39, 0.29) is 17.0 Å². The largest absolute Gasteiger partial charge is 0.507 e. The SMILES string of the molecule is Cc1ccc(O)c(C(=O)C(CC(=O)O)c2ccc([N+](=O)[O-])cc2)c1. The van der Waals surface area contributed by atoms with E-state index in [2.05, 4.69) is 0 Å². The van der Waals surface area contributed by atoms with Gasteiger partial charge in [0.1, 0.15) is 5.75 Å². The van der Waals surface area contributed by atoms with Gasteiger partial charge in [-0.15, -0.1) is 0 Å². The average molecular weight is 329 g/mol. The summed E-state index contributed by atoms with van der Waals surface area (Å²) >= 11 is 0. The molecule has 0 aliphatic rings. The van der Waals surface area contributed by atoms with Crippen LogP contribution in [0.4, 0.5) is 5.69 Å². The Labute approximate surface area is 137 Å². The molecule has 2 N–H and O–H groups in total. The highest BCUT2D eigenvalue weighted by molar-refractivity contribution is 6.04. The van der Waals surface area contributed by atoms with Crippen molar-refractivity contribution in [2.75, 3.05) is 0 Å². The van der Waals surface area contributed by atoms with Crippen molar-refractivity contribution < 1.29 is 24.7 Å². The minimum absolute atomic E-state index is 0.0274. The molecule has 1 unspecified atom stereocenters. The molecule has 0 aliphatic carbocycles. The number of phenolic OH excluding ortho intramolecular Hbond substituents is 1. The number of carbonyl (C=O) groups excluding carboxylic acids is 1. The lowest BCUT2D eigenvalue weighted by Gasteiger charge is -2.15. The van der Waals surface area contributed by atoms with Crippen LogP contribution in [0.1, 0.15) is 33.8 Å². The molecular weight excluding hydrogens is 314 g/mol. The summed E-state index contributed by atoms with van der Waals surface area (Å²) in [6, 6.07) is 9.63. The number of nitrogens with zero attached hydrogens (tertiary/aromatic N) is 1. The summed E-state index contributed by atoms with van der Waals surface area (Å²) < 4.78 is 0. The standard InChI is InChI=1S/C17H15NO6/c1-10-2-7-15(19)14(8-10)17(22)13(9-16(20)21)11-3-5-12(6-4-11)18(23)24/h2-8,13,19H,9H2,1H3,(H,20,21). The molecule has 2 aromatic rings. The lowest BCUT2D eigenvalue weighted by molar-refractivity contribution is -0.384. The number of carboxylic acids is 1. The summed E-state index contributed by atoms with van der Waals surface area (Å²) in [6.07, 6.45) is -0.482. The van der Waals surface area contributed by atoms with Crippen LogP contribution in [0.5, 0.6) is 5.75 Å². The van der Waals surface area contributed by atoms with Crippen LogP contribution in [-0.4, -0.2) is 26.9 Å². The summed E-state index contributed by atoms with van der Waals surface area (Å²) in [5.41, 5.74) is 0.959. The number of nitro benzene ring substituents is 1. The summed E-state index contributed by atoms with van der Waals surface area (Å²) in [4.78, 5) is 34.0. The van der Waals surface area contributed by atoms with Gasteiger partial charge in [-0.2, -0.15) is 0 Å². The van der Waals surface area contributed by atoms with Gasteiger partial charge in [-0.1, -0.05) is 23.8 Å². The topological polar surface area (TPSA) is 118 Å². The van der Waals surface area contributed by atoms with Crippen LogP contribution >= 0.6 is 0 Å². The number of aliphatic carboxylic acids is 1. The summed E-state index contributed by atoms with van der Waals surface area (Å²) in [6.45, 7) is 1.74. The van der Waals surface area contributed by atoms with E-state index in [1.54, 1.807) is 13.0 Å². The fourth-order valence-electron chi connectivity index (χ4n) is 2.40. The summed E-state index contributed by atoms with van der Waals surface area (Å²) in [7, 11) is 0. The van der Waals surface area contributed by atoms with Gasteiger partial charge in [0, 0.05) is 12.1 Å². The second kappa shape index (κ2) is 6.91. The molecule has 7 heteroatoms. The number of non-ortho nitro benzene ring substituents is 1. The van der Waals surface area contributed by atoms with Crippen molar-refractivity contribution in [1.82, 2.24) is 0 Å². The maximum atomic E-state index is 12.7. The Hall–Kier alpha value is -3.22. The fourth-order valence-corrected chi connectivity index (χ4v) is 2.40. The van der Waals surface area contributed by atoms with Gasteiger partial charge in [-0.05, 0) is 24.6 Å². The molecule has 2 rings (SSSR count). The number of Topliss-reactive ketones (excluding diaryl/α,β-unsaturated/α-hetero) is 1. The van der Waals surface area contributed by atoms with Crippen molar-refractivity contribution in [2.45, 2.75) is 19.3 Å². The molecule has 0 amide bonds. The van der Waals surface area contributed by atoms with Crippen LogP contribution in [0, 0.1) is 17.0 Å².